The van der Waals surface area contributed by atoms with Crippen molar-refractivity contribution in [3.05, 3.63) is 71.8 Å². The third kappa shape index (κ3) is 5.35. The average molecular weight is 380 g/mol. The van der Waals surface area contributed by atoms with E-state index in [1.165, 1.54) is 0 Å². The first-order valence-corrected chi connectivity index (χ1v) is 10.1. The molecule has 0 saturated carbocycles. The Morgan fingerprint density at radius 2 is 1.61 bits per heavy atom. The summed E-state index contributed by atoms with van der Waals surface area (Å²) in [5, 5.41) is 3.01. The molecular weight excluding hydrogens is 350 g/mol. The molecule has 1 heterocycles. The van der Waals surface area contributed by atoms with Crippen LogP contribution >= 0.6 is 0 Å². The van der Waals surface area contributed by atoms with Gasteiger partial charge in [-0.3, -0.25) is 4.79 Å². The smallest absolute Gasteiger partial charge is 0.318 e. The van der Waals surface area contributed by atoms with Gasteiger partial charge >= 0.3 is 6.03 Å². The Morgan fingerprint density at radius 3 is 2.25 bits per heavy atom. The Hall–Kier alpha value is -2.82. The summed E-state index contributed by atoms with van der Waals surface area (Å²) >= 11 is 0. The molecule has 0 spiro atoms. The zero-order valence-electron chi connectivity index (χ0n) is 16.5. The maximum Gasteiger partial charge on any atom is 0.318 e. The Morgan fingerprint density at radius 1 is 1.00 bits per heavy atom. The van der Waals surface area contributed by atoms with E-state index in [0.29, 0.717) is 19.5 Å². The molecule has 1 saturated heterocycles. The van der Waals surface area contributed by atoms with E-state index in [-0.39, 0.29) is 18.0 Å². The second-order valence-electron chi connectivity index (χ2n) is 7.26. The van der Waals surface area contributed by atoms with Gasteiger partial charge in [0.05, 0.1) is 6.04 Å². The largest absolute Gasteiger partial charge is 0.343 e. The molecule has 0 bridgehead atoms. The highest BCUT2D eigenvalue weighted by Crippen LogP contribution is 2.21. The van der Waals surface area contributed by atoms with Crippen molar-refractivity contribution in [2.45, 2.75) is 38.8 Å². The van der Waals surface area contributed by atoms with Gasteiger partial charge in [-0.05, 0) is 30.9 Å². The number of amides is 3. The number of nitrogens with zero attached hydrogens (tertiary/aromatic N) is 2. The molecule has 5 heteroatoms. The number of nitrogens with one attached hydrogen (secondary N) is 1. The SMILES string of the molecule is CC(c1ccccc1)N(CCC(=O)N1CCCC1)C(=O)NCc1ccccc1. The van der Waals surface area contributed by atoms with Gasteiger partial charge < -0.3 is 15.1 Å². The van der Waals surface area contributed by atoms with Crippen LogP contribution in [0.15, 0.2) is 60.7 Å². The van der Waals surface area contributed by atoms with Crippen molar-refractivity contribution in [1.29, 1.82) is 0 Å². The van der Waals surface area contributed by atoms with Crippen LogP contribution in [0.1, 0.15) is 43.4 Å². The summed E-state index contributed by atoms with van der Waals surface area (Å²) < 4.78 is 0. The molecule has 5 nitrogen and oxygen atoms in total. The molecule has 1 aliphatic rings. The molecule has 2 aromatic rings. The van der Waals surface area contributed by atoms with Gasteiger partial charge in [-0.1, -0.05) is 60.7 Å². The Kier molecular flexibility index (Phi) is 7.06. The van der Waals surface area contributed by atoms with E-state index in [1.54, 1.807) is 4.90 Å². The van der Waals surface area contributed by atoms with Crippen molar-refractivity contribution in [1.82, 2.24) is 15.1 Å². The molecule has 1 fully saturated rings. The predicted octanol–water partition coefficient (Wildman–Crippen LogP) is 3.97. The summed E-state index contributed by atoms with van der Waals surface area (Å²) in [6, 6.07) is 19.5. The lowest BCUT2D eigenvalue weighted by Crippen LogP contribution is -2.43. The summed E-state index contributed by atoms with van der Waals surface area (Å²) in [5.41, 5.74) is 2.11. The minimum Gasteiger partial charge on any atom is -0.343 e. The highest BCUT2D eigenvalue weighted by molar-refractivity contribution is 5.78. The van der Waals surface area contributed by atoms with Crippen LogP contribution in [-0.2, 0) is 11.3 Å². The second-order valence-corrected chi connectivity index (χ2v) is 7.26. The van der Waals surface area contributed by atoms with Gasteiger partial charge in [0, 0.05) is 32.6 Å². The van der Waals surface area contributed by atoms with Crippen molar-refractivity contribution in [3.8, 4) is 0 Å². The fourth-order valence-electron chi connectivity index (χ4n) is 3.60. The molecule has 1 unspecified atom stereocenters. The van der Waals surface area contributed by atoms with Crippen LogP contribution in [0.4, 0.5) is 4.79 Å². The van der Waals surface area contributed by atoms with E-state index >= 15 is 0 Å². The van der Waals surface area contributed by atoms with Crippen molar-refractivity contribution >= 4 is 11.9 Å². The van der Waals surface area contributed by atoms with Gasteiger partial charge in [0.15, 0.2) is 0 Å². The number of carbonyl (C=O) groups excluding carboxylic acids is 2. The van der Waals surface area contributed by atoms with Crippen molar-refractivity contribution in [2.24, 2.45) is 0 Å². The van der Waals surface area contributed by atoms with Gasteiger partial charge in [0.1, 0.15) is 0 Å². The zero-order valence-corrected chi connectivity index (χ0v) is 16.5. The van der Waals surface area contributed by atoms with Gasteiger partial charge in [0.25, 0.3) is 0 Å². The first-order valence-electron chi connectivity index (χ1n) is 10.1. The molecule has 2 aromatic carbocycles. The molecule has 0 aliphatic carbocycles. The Labute approximate surface area is 167 Å². The van der Waals surface area contributed by atoms with E-state index in [9.17, 15) is 9.59 Å². The number of hydrogen-bond acceptors (Lipinski definition) is 2. The fourth-order valence-corrected chi connectivity index (χ4v) is 3.60. The molecule has 148 valence electrons. The van der Waals surface area contributed by atoms with Gasteiger partial charge in [0.2, 0.25) is 5.91 Å². The predicted molar refractivity (Wildman–Crippen MR) is 111 cm³/mol. The molecule has 0 aromatic heterocycles. The van der Waals surface area contributed by atoms with Crippen molar-refractivity contribution in [2.75, 3.05) is 19.6 Å². The number of urea groups is 1. The van der Waals surface area contributed by atoms with Crippen LogP contribution in [0.3, 0.4) is 0 Å². The van der Waals surface area contributed by atoms with Crippen molar-refractivity contribution < 1.29 is 9.59 Å². The number of likely N-dealkylation sites (tertiary alicyclic amines) is 1. The van der Waals surface area contributed by atoms with Gasteiger partial charge in [-0.2, -0.15) is 0 Å². The molecular formula is C23H29N3O2. The van der Waals surface area contributed by atoms with Crippen LogP contribution in [0.25, 0.3) is 0 Å². The monoisotopic (exact) mass is 379 g/mol. The Balaban J connectivity index is 1.65. The standard InChI is InChI=1S/C23H29N3O2/c1-19(21-12-6-3-7-13-21)26(17-14-22(27)25-15-8-9-16-25)23(28)24-18-20-10-4-2-5-11-20/h2-7,10-13,19H,8-9,14-18H2,1H3,(H,24,28). The van der Waals surface area contributed by atoms with Crippen LogP contribution in [0.5, 0.6) is 0 Å². The van der Waals surface area contributed by atoms with E-state index in [2.05, 4.69) is 5.32 Å². The minimum absolute atomic E-state index is 0.108. The average Bonchev–Trinajstić information content (AvgIpc) is 3.28. The molecule has 1 N–H and O–H groups in total. The highest BCUT2D eigenvalue weighted by Gasteiger charge is 2.24. The quantitative estimate of drug-likeness (QED) is 0.791. The summed E-state index contributed by atoms with van der Waals surface area (Å²) in [5.74, 6) is 0.138. The topological polar surface area (TPSA) is 52.7 Å². The first-order chi connectivity index (χ1) is 13.6. The molecule has 3 amide bonds. The van der Waals surface area contributed by atoms with Crippen molar-refractivity contribution in [3.63, 3.8) is 0 Å². The summed E-state index contributed by atoms with van der Waals surface area (Å²) in [7, 11) is 0. The lowest BCUT2D eigenvalue weighted by Gasteiger charge is -2.30. The normalized spacial score (nSPS) is 14.5. The van der Waals surface area contributed by atoms with E-state index in [4.69, 9.17) is 0 Å². The summed E-state index contributed by atoms with van der Waals surface area (Å²) in [4.78, 5) is 29.1. The molecule has 1 aliphatic heterocycles. The van der Waals surface area contributed by atoms with Gasteiger partial charge in [-0.25, -0.2) is 4.79 Å². The molecule has 3 rings (SSSR count). The molecule has 28 heavy (non-hydrogen) atoms. The fraction of sp³-hybridized carbons (Fsp3) is 0.391. The lowest BCUT2D eigenvalue weighted by atomic mass is 10.1. The van der Waals surface area contributed by atoms with E-state index < -0.39 is 0 Å². The minimum atomic E-state index is -0.144. The lowest BCUT2D eigenvalue weighted by molar-refractivity contribution is -0.130. The first kappa shape index (κ1) is 19.9. The number of benzene rings is 2. The van der Waals surface area contributed by atoms with Crippen LogP contribution in [0.2, 0.25) is 0 Å². The molecule has 0 radical (unpaired) electrons. The summed E-state index contributed by atoms with van der Waals surface area (Å²) in [6.45, 7) is 4.57. The van der Waals surface area contributed by atoms with E-state index in [0.717, 1.165) is 37.1 Å². The molecule has 1 atom stereocenters. The number of carbonyl (C=O) groups is 2. The number of hydrogen-bond donors (Lipinski definition) is 1. The highest BCUT2D eigenvalue weighted by atomic mass is 16.2. The number of rotatable bonds is 7. The third-order valence-electron chi connectivity index (χ3n) is 5.32. The third-order valence-corrected chi connectivity index (χ3v) is 5.32. The maximum atomic E-state index is 13.0. The van der Waals surface area contributed by atoms with Gasteiger partial charge in [-0.15, -0.1) is 0 Å². The Bertz CT molecular complexity index is 758. The van der Waals surface area contributed by atoms with Crippen LogP contribution in [-0.4, -0.2) is 41.4 Å². The second kappa shape index (κ2) is 9.93. The van der Waals surface area contributed by atoms with Crippen LogP contribution in [0, 0.1) is 0 Å². The summed E-state index contributed by atoms with van der Waals surface area (Å²) in [6.07, 6.45) is 2.51. The van der Waals surface area contributed by atoms with Crippen LogP contribution < -0.4 is 5.32 Å². The zero-order chi connectivity index (χ0) is 19.8. The van der Waals surface area contributed by atoms with E-state index in [1.807, 2.05) is 72.5 Å². The maximum absolute atomic E-state index is 13.0.